The number of hydrogen-bond donors (Lipinski definition) is 1. The van der Waals surface area contributed by atoms with Gasteiger partial charge in [0.25, 0.3) is 0 Å². The Kier molecular flexibility index (Phi) is 5.98. The zero-order chi connectivity index (χ0) is 14.4. The van der Waals surface area contributed by atoms with Crippen LogP contribution in [0.15, 0.2) is 4.52 Å². The lowest BCUT2D eigenvalue weighted by atomic mass is 9.84. The molecule has 1 aromatic heterocycles. The number of ether oxygens (including phenoxy) is 1. The van der Waals surface area contributed by atoms with Crippen molar-refractivity contribution >= 4 is 0 Å². The van der Waals surface area contributed by atoms with Gasteiger partial charge in [0.15, 0.2) is 5.82 Å². The van der Waals surface area contributed by atoms with Crippen LogP contribution in [0.25, 0.3) is 0 Å². The molecule has 1 aliphatic carbocycles. The number of hydrogen-bond acceptors (Lipinski definition) is 5. The Morgan fingerprint density at radius 3 is 2.90 bits per heavy atom. The highest BCUT2D eigenvalue weighted by atomic mass is 16.5. The molecular formula is C15H27N3O2. The SMILES string of the molecule is CCCNC1CCCCC1c1nc(C(C)OCC)no1. The van der Waals surface area contributed by atoms with E-state index in [2.05, 4.69) is 22.4 Å². The average Bonchev–Trinajstić information content (AvgIpc) is 2.95. The molecule has 1 heterocycles. The van der Waals surface area contributed by atoms with E-state index >= 15 is 0 Å². The minimum absolute atomic E-state index is 0.0943. The van der Waals surface area contributed by atoms with E-state index in [9.17, 15) is 0 Å². The first-order chi connectivity index (χ1) is 9.76. The number of rotatable bonds is 7. The molecule has 0 aromatic carbocycles. The smallest absolute Gasteiger partial charge is 0.231 e. The molecule has 20 heavy (non-hydrogen) atoms. The predicted molar refractivity (Wildman–Crippen MR) is 77.6 cm³/mol. The zero-order valence-electron chi connectivity index (χ0n) is 12.9. The largest absolute Gasteiger partial charge is 0.371 e. The van der Waals surface area contributed by atoms with Gasteiger partial charge < -0.3 is 14.6 Å². The van der Waals surface area contributed by atoms with Gasteiger partial charge in [0.05, 0.1) is 5.92 Å². The molecule has 2 rings (SSSR count). The molecule has 0 radical (unpaired) electrons. The van der Waals surface area contributed by atoms with Crippen LogP contribution in [0.5, 0.6) is 0 Å². The molecule has 0 amide bonds. The first kappa shape index (κ1) is 15.4. The summed E-state index contributed by atoms with van der Waals surface area (Å²) in [6.07, 6.45) is 5.92. The van der Waals surface area contributed by atoms with Gasteiger partial charge >= 0.3 is 0 Å². The minimum atomic E-state index is -0.0943. The zero-order valence-corrected chi connectivity index (χ0v) is 12.9. The van der Waals surface area contributed by atoms with Crippen molar-refractivity contribution < 1.29 is 9.26 Å². The van der Waals surface area contributed by atoms with Gasteiger partial charge in [-0.05, 0) is 39.7 Å². The highest BCUT2D eigenvalue weighted by molar-refractivity contribution is 5.02. The van der Waals surface area contributed by atoms with Crippen molar-refractivity contribution in [1.82, 2.24) is 15.5 Å². The van der Waals surface area contributed by atoms with Crippen LogP contribution in [-0.2, 0) is 4.74 Å². The maximum atomic E-state index is 5.52. The van der Waals surface area contributed by atoms with Gasteiger partial charge in [0, 0.05) is 12.6 Å². The number of aromatic nitrogens is 2. The van der Waals surface area contributed by atoms with E-state index in [-0.39, 0.29) is 6.10 Å². The fourth-order valence-corrected chi connectivity index (χ4v) is 2.89. The molecule has 3 atom stereocenters. The van der Waals surface area contributed by atoms with Gasteiger partial charge in [0.1, 0.15) is 6.10 Å². The third-order valence-corrected chi connectivity index (χ3v) is 3.98. The first-order valence-corrected chi connectivity index (χ1v) is 7.94. The van der Waals surface area contributed by atoms with Gasteiger partial charge in [-0.2, -0.15) is 4.98 Å². The van der Waals surface area contributed by atoms with Crippen molar-refractivity contribution in [3.05, 3.63) is 11.7 Å². The topological polar surface area (TPSA) is 60.2 Å². The number of nitrogens with zero attached hydrogens (tertiary/aromatic N) is 2. The highest BCUT2D eigenvalue weighted by Crippen LogP contribution is 2.32. The van der Waals surface area contributed by atoms with Crippen LogP contribution in [0.4, 0.5) is 0 Å². The Balaban J connectivity index is 2.04. The molecule has 1 aliphatic rings. The summed E-state index contributed by atoms with van der Waals surface area (Å²) in [6, 6.07) is 0.472. The molecule has 5 heteroatoms. The average molecular weight is 281 g/mol. The second kappa shape index (κ2) is 7.74. The van der Waals surface area contributed by atoms with Crippen molar-refractivity contribution in [3.8, 4) is 0 Å². The lowest BCUT2D eigenvalue weighted by Gasteiger charge is -2.29. The van der Waals surface area contributed by atoms with E-state index < -0.39 is 0 Å². The van der Waals surface area contributed by atoms with Crippen LogP contribution in [0.2, 0.25) is 0 Å². The van der Waals surface area contributed by atoms with E-state index in [1.54, 1.807) is 0 Å². The van der Waals surface area contributed by atoms with Crippen molar-refractivity contribution in [3.63, 3.8) is 0 Å². The van der Waals surface area contributed by atoms with Gasteiger partial charge in [-0.1, -0.05) is 24.9 Å². The predicted octanol–water partition coefficient (Wildman–Crippen LogP) is 3.19. The van der Waals surface area contributed by atoms with Crippen molar-refractivity contribution in [2.45, 2.75) is 70.9 Å². The molecule has 1 N–H and O–H groups in total. The Labute approximate surface area is 121 Å². The maximum absolute atomic E-state index is 5.52. The molecule has 0 spiro atoms. The standard InChI is InChI=1S/C15H27N3O2/c1-4-10-16-13-9-7-6-8-12(13)15-17-14(18-20-15)11(3)19-5-2/h11-13,16H,4-10H2,1-3H3. The quantitative estimate of drug-likeness (QED) is 0.831. The van der Waals surface area contributed by atoms with E-state index in [4.69, 9.17) is 9.26 Å². The van der Waals surface area contributed by atoms with Crippen LogP contribution in [0.1, 0.15) is 76.6 Å². The Morgan fingerprint density at radius 2 is 2.15 bits per heavy atom. The summed E-state index contributed by atoms with van der Waals surface area (Å²) in [5, 5.41) is 7.71. The lowest BCUT2D eigenvalue weighted by Crippen LogP contribution is -2.37. The summed E-state index contributed by atoms with van der Waals surface area (Å²) in [4.78, 5) is 4.57. The Bertz CT molecular complexity index is 394. The summed E-state index contributed by atoms with van der Waals surface area (Å²) < 4.78 is 11.0. The van der Waals surface area contributed by atoms with Crippen molar-refractivity contribution in [2.75, 3.05) is 13.2 Å². The van der Waals surface area contributed by atoms with Crippen molar-refractivity contribution in [1.29, 1.82) is 0 Å². The van der Waals surface area contributed by atoms with E-state index in [1.165, 1.54) is 19.3 Å². The molecule has 1 saturated carbocycles. The first-order valence-electron chi connectivity index (χ1n) is 7.94. The molecule has 5 nitrogen and oxygen atoms in total. The molecule has 114 valence electrons. The molecule has 3 unspecified atom stereocenters. The van der Waals surface area contributed by atoms with Crippen molar-refractivity contribution in [2.24, 2.45) is 0 Å². The third-order valence-electron chi connectivity index (χ3n) is 3.98. The summed E-state index contributed by atoms with van der Waals surface area (Å²) >= 11 is 0. The van der Waals surface area contributed by atoms with E-state index in [1.807, 2.05) is 13.8 Å². The minimum Gasteiger partial charge on any atom is -0.371 e. The molecule has 0 saturated heterocycles. The maximum Gasteiger partial charge on any atom is 0.231 e. The Morgan fingerprint density at radius 1 is 1.35 bits per heavy atom. The molecule has 0 aliphatic heterocycles. The fraction of sp³-hybridized carbons (Fsp3) is 0.867. The van der Waals surface area contributed by atoms with Crippen LogP contribution < -0.4 is 5.32 Å². The second-order valence-corrected chi connectivity index (χ2v) is 5.54. The lowest BCUT2D eigenvalue weighted by molar-refractivity contribution is 0.0683. The summed E-state index contributed by atoms with van der Waals surface area (Å²) in [6.45, 7) is 7.85. The van der Waals surface area contributed by atoms with Crippen LogP contribution in [-0.4, -0.2) is 29.3 Å². The molecule has 1 fully saturated rings. The van der Waals surface area contributed by atoms with Gasteiger partial charge in [0.2, 0.25) is 5.89 Å². The van der Waals surface area contributed by atoms with Gasteiger partial charge in [-0.15, -0.1) is 0 Å². The summed E-state index contributed by atoms with van der Waals surface area (Å²) in [5.74, 6) is 1.80. The summed E-state index contributed by atoms with van der Waals surface area (Å²) in [7, 11) is 0. The van der Waals surface area contributed by atoms with E-state index in [0.717, 1.165) is 25.3 Å². The highest BCUT2D eigenvalue weighted by Gasteiger charge is 2.31. The van der Waals surface area contributed by atoms with Gasteiger partial charge in [-0.25, -0.2) is 0 Å². The summed E-state index contributed by atoms with van der Waals surface area (Å²) in [5.41, 5.74) is 0. The van der Waals surface area contributed by atoms with Crippen LogP contribution >= 0.6 is 0 Å². The Hall–Kier alpha value is -0.940. The molecule has 0 bridgehead atoms. The van der Waals surface area contributed by atoms with Crippen LogP contribution in [0, 0.1) is 0 Å². The molecule has 1 aromatic rings. The normalized spacial score (nSPS) is 24.8. The fourth-order valence-electron chi connectivity index (χ4n) is 2.89. The van der Waals surface area contributed by atoms with Gasteiger partial charge in [-0.3, -0.25) is 0 Å². The number of nitrogens with one attached hydrogen (secondary N) is 1. The second-order valence-electron chi connectivity index (χ2n) is 5.54. The molecular weight excluding hydrogens is 254 g/mol. The van der Waals surface area contributed by atoms with E-state index in [0.29, 0.717) is 24.4 Å². The third kappa shape index (κ3) is 3.79. The monoisotopic (exact) mass is 281 g/mol. The van der Waals surface area contributed by atoms with Crippen LogP contribution in [0.3, 0.4) is 0 Å².